The maximum Gasteiger partial charge on any atom is 0.317 e. The summed E-state index contributed by atoms with van der Waals surface area (Å²) in [6.45, 7) is 4.66. The first-order valence-corrected chi connectivity index (χ1v) is 29.6. The van der Waals surface area contributed by atoms with Crippen molar-refractivity contribution in [2.24, 2.45) is 0 Å². The Labute approximate surface area is 498 Å². The zero-order chi connectivity index (χ0) is 62.2. The number of urea groups is 1. The highest BCUT2D eigenvalue weighted by atomic mass is 32.2. The van der Waals surface area contributed by atoms with Gasteiger partial charge in [0.05, 0.1) is 24.7 Å². The van der Waals surface area contributed by atoms with Crippen LogP contribution in [0.2, 0.25) is 0 Å². The van der Waals surface area contributed by atoms with Gasteiger partial charge < -0.3 is 73.3 Å². The summed E-state index contributed by atoms with van der Waals surface area (Å²) in [6, 6.07) is 14.4. The number of carboxylic acid groups (broad SMARTS) is 3. The number of likely N-dealkylation sites (N-methyl/N-ethyl adjacent to an activating group) is 1. The zero-order valence-corrected chi connectivity index (χ0v) is 48.9. The first kappa shape index (κ1) is 67.2. The van der Waals surface area contributed by atoms with Crippen molar-refractivity contribution < 1.29 is 72.9 Å². The molecule has 456 valence electrons. The maximum atomic E-state index is 14.5. The highest BCUT2D eigenvalue weighted by molar-refractivity contribution is 7.98. The van der Waals surface area contributed by atoms with Gasteiger partial charge in [-0.05, 0) is 80.1 Å². The number of hydrogen-bond donors (Lipinski definition) is 13. The van der Waals surface area contributed by atoms with E-state index in [4.69, 9.17) is 0 Å². The van der Waals surface area contributed by atoms with E-state index >= 15 is 0 Å². The van der Waals surface area contributed by atoms with E-state index in [1.165, 1.54) is 37.4 Å². The second-order valence-electron chi connectivity index (χ2n) is 20.3. The molecule has 0 aromatic heterocycles. The van der Waals surface area contributed by atoms with Crippen LogP contribution in [-0.4, -0.2) is 160 Å². The number of nitrogens with one attached hydrogen (secondary N) is 10. The Morgan fingerprint density at radius 1 is 0.647 bits per heavy atom. The molecule has 4 aromatic carbocycles. The SMILES string of the molecule is CNC1CSCc2cc(C)cc(c2)CSCC(C(=O)NC(CCC(=O)O)C(=O)NC(CC(=O)O)C(=O)NC(C=O)Cc2ccccc2)NC(=O)C(C)NC(=O)C(Cc2cccc3ccccc23)NC(=O)C(CCC(=O)O)NC(=O)NC(C)NC1=O. The number of carbonyl (C=O) groups is 12. The zero-order valence-electron chi connectivity index (χ0n) is 47.3. The number of carbonyl (C=O) groups excluding carboxylic acids is 9. The highest BCUT2D eigenvalue weighted by Crippen LogP contribution is 2.23. The fraction of sp³-hybridized carbons (Fsp3) is 0.414. The molecule has 0 fully saturated rings. The molecule has 1 heterocycles. The molecule has 0 spiro atoms. The Balaban J connectivity index is 1.48. The molecule has 9 amide bonds. The predicted octanol–water partition coefficient (Wildman–Crippen LogP) is 1.16. The predicted molar refractivity (Wildman–Crippen MR) is 317 cm³/mol. The number of amides is 9. The normalized spacial score (nSPS) is 20.6. The molecule has 13 N–H and O–H groups in total. The lowest BCUT2D eigenvalue weighted by molar-refractivity contribution is -0.141. The number of rotatable bonds is 20. The van der Waals surface area contributed by atoms with Crippen LogP contribution in [0, 0.1) is 6.92 Å². The number of fused-ring (bicyclic) bond motifs is 3. The summed E-state index contributed by atoms with van der Waals surface area (Å²) in [4.78, 5) is 160. The van der Waals surface area contributed by atoms with Gasteiger partial charge in [0.1, 0.15) is 42.5 Å². The van der Waals surface area contributed by atoms with Gasteiger partial charge in [0.25, 0.3) is 0 Å². The van der Waals surface area contributed by atoms with Crippen LogP contribution in [0.15, 0.2) is 91.0 Å². The number of thioether (sulfide) groups is 2. The lowest BCUT2D eigenvalue weighted by atomic mass is 9.97. The second kappa shape index (κ2) is 33.7. The van der Waals surface area contributed by atoms with Crippen LogP contribution in [0.25, 0.3) is 10.8 Å². The minimum atomic E-state index is -1.82. The van der Waals surface area contributed by atoms with E-state index in [9.17, 15) is 72.9 Å². The van der Waals surface area contributed by atoms with Crippen molar-refractivity contribution in [2.45, 2.75) is 132 Å². The van der Waals surface area contributed by atoms with Crippen molar-refractivity contribution in [1.29, 1.82) is 0 Å². The minimum Gasteiger partial charge on any atom is -0.481 e. The minimum absolute atomic E-state index is 0.0224. The molecule has 4 aromatic rings. The van der Waals surface area contributed by atoms with Gasteiger partial charge >= 0.3 is 23.9 Å². The van der Waals surface area contributed by atoms with Crippen LogP contribution in [0.5, 0.6) is 0 Å². The van der Waals surface area contributed by atoms with Crippen molar-refractivity contribution in [3.8, 4) is 0 Å². The molecule has 9 atom stereocenters. The summed E-state index contributed by atoms with van der Waals surface area (Å²) in [6.07, 6.45) is -4.01. The van der Waals surface area contributed by atoms with E-state index < -0.39 is 152 Å². The Morgan fingerprint density at radius 2 is 1.28 bits per heavy atom. The van der Waals surface area contributed by atoms with Crippen molar-refractivity contribution >= 4 is 106 Å². The molecule has 25 nitrogen and oxygen atoms in total. The van der Waals surface area contributed by atoms with Gasteiger partial charge in [0.15, 0.2) is 0 Å². The Kier molecular flexibility index (Phi) is 26.6. The molecule has 27 heteroatoms. The lowest BCUT2D eigenvalue weighted by Crippen LogP contribution is -2.60. The van der Waals surface area contributed by atoms with E-state index in [1.807, 2.05) is 37.3 Å². The van der Waals surface area contributed by atoms with Crippen LogP contribution in [0.4, 0.5) is 4.79 Å². The molecule has 85 heavy (non-hydrogen) atoms. The van der Waals surface area contributed by atoms with Crippen molar-refractivity contribution in [3.63, 3.8) is 0 Å². The molecule has 0 saturated heterocycles. The maximum absolute atomic E-state index is 14.5. The third-order valence-corrected chi connectivity index (χ3v) is 15.6. The fourth-order valence-corrected chi connectivity index (χ4v) is 11.1. The van der Waals surface area contributed by atoms with Crippen molar-refractivity contribution in [2.75, 3.05) is 18.6 Å². The number of aryl methyl sites for hydroxylation is 1. The average molecular weight is 1210 g/mol. The first-order chi connectivity index (χ1) is 40.5. The van der Waals surface area contributed by atoms with Crippen LogP contribution in [0.3, 0.4) is 0 Å². The Morgan fingerprint density at radius 3 is 1.94 bits per heavy atom. The summed E-state index contributed by atoms with van der Waals surface area (Å²) in [7, 11) is 1.59. The largest absolute Gasteiger partial charge is 0.481 e. The van der Waals surface area contributed by atoms with Gasteiger partial charge in [0.2, 0.25) is 41.4 Å². The summed E-state index contributed by atoms with van der Waals surface area (Å²) in [5.74, 6) is -9.96. The number of aldehydes is 1. The summed E-state index contributed by atoms with van der Waals surface area (Å²) >= 11 is 2.63. The van der Waals surface area contributed by atoms with E-state index in [1.54, 1.807) is 67.7 Å². The molecule has 1 aliphatic rings. The summed E-state index contributed by atoms with van der Waals surface area (Å²) in [5.41, 5.74) is 3.81. The molecule has 5 rings (SSSR count). The van der Waals surface area contributed by atoms with Crippen molar-refractivity contribution in [1.82, 2.24) is 53.2 Å². The fourth-order valence-electron chi connectivity index (χ4n) is 9.06. The monoisotopic (exact) mass is 1210 g/mol. The van der Waals surface area contributed by atoms with E-state index in [0.717, 1.165) is 22.1 Å². The van der Waals surface area contributed by atoms with Gasteiger partial charge in [-0.2, -0.15) is 23.5 Å². The van der Waals surface area contributed by atoms with Crippen molar-refractivity contribution in [3.05, 3.63) is 119 Å². The summed E-state index contributed by atoms with van der Waals surface area (Å²) in [5, 5.41) is 56.2. The third kappa shape index (κ3) is 22.5. The Bertz CT molecular complexity index is 3060. The standard InChI is InChI=1S/C58H72N10O15S2/c1-32-21-36-23-37(22-32)29-85-31-47(57(82)64-42(17-19-48(70)71)52(77)66-45(26-50(74)75)55(80)63-40(27-69)24-35-11-6-5-7-12-35)67-51(76)33(2)60-54(79)44(25-39-15-10-14-38-13-8-9-16-41(38)39)65-53(78)43(18-20-49(72)73)68-58(83)62-34(3)61-56(81)46(59-4)30-84-28-36/h5-16,21-23,27,33-34,40,42-47,59H,17-20,24-26,28-31H2,1-4H3,(H,60,79)(H,61,81)(H,63,80)(H,64,82)(H,65,78)(H,66,77)(H,67,76)(H,70,71)(H,72,73)(H,74,75)(H2,62,68,83). The Hall–Kier alpha value is -8.56. The van der Waals surface area contributed by atoms with Gasteiger partial charge in [-0.15, -0.1) is 0 Å². The molecular formula is C58H72N10O15S2. The molecular weight excluding hydrogens is 1140 g/mol. The number of carboxylic acids is 3. The third-order valence-electron chi connectivity index (χ3n) is 13.3. The molecule has 1 aliphatic heterocycles. The van der Waals surface area contributed by atoms with Crippen LogP contribution in [0.1, 0.15) is 73.8 Å². The second-order valence-corrected chi connectivity index (χ2v) is 22.4. The summed E-state index contributed by atoms with van der Waals surface area (Å²) < 4.78 is 0. The number of hydrogen-bond acceptors (Lipinski definition) is 15. The van der Waals surface area contributed by atoms with Crippen LogP contribution in [-0.2, 0) is 77.1 Å². The van der Waals surface area contributed by atoms with Gasteiger partial charge in [-0.1, -0.05) is 96.6 Å². The lowest BCUT2D eigenvalue weighted by Gasteiger charge is -2.27. The molecule has 0 aliphatic carbocycles. The molecule has 0 saturated carbocycles. The average Bonchev–Trinajstić information content (AvgIpc) is 3.46. The van der Waals surface area contributed by atoms with E-state index in [0.29, 0.717) is 28.6 Å². The van der Waals surface area contributed by atoms with Gasteiger partial charge in [-0.25, -0.2) is 4.79 Å². The van der Waals surface area contributed by atoms with Crippen LogP contribution >= 0.6 is 23.5 Å². The molecule has 0 radical (unpaired) electrons. The number of aliphatic carboxylic acids is 3. The van der Waals surface area contributed by atoms with E-state index in [-0.39, 0.29) is 30.1 Å². The first-order valence-electron chi connectivity index (χ1n) is 27.2. The smallest absolute Gasteiger partial charge is 0.317 e. The van der Waals surface area contributed by atoms with Gasteiger partial charge in [-0.3, -0.25) is 47.9 Å². The quantitative estimate of drug-likeness (QED) is 0.0552. The topological polar surface area (TPSA) is 386 Å². The number of benzene rings is 4. The van der Waals surface area contributed by atoms with Crippen LogP contribution < -0.4 is 53.2 Å². The van der Waals surface area contributed by atoms with E-state index in [2.05, 4.69) is 53.2 Å². The van der Waals surface area contributed by atoms with Gasteiger partial charge in [0, 0.05) is 42.3 Å². The molecule has 2 bridgehead atoms. The molecule has 9 unspecified atom stereocenters. The highest BCUT2D eigenvalue weighted by Gasteiger charge is 2.35.